The smallest absolute Gasteiger partial charge is 0.145 e. The Morgan fingerprint density at radius 1 is 1.11 bits per heavy atom. The van der Waals surface area contributed by atoms with Crippen LogP contribution >= 0.6 is 0 Å². The van der Waals surface area contributed by atoms with Crippen molar-refractivity contribution in [1.29, 1.82) is 0 Å². The average molecular weight is 388 g/mol. The van der Waals surface area contributed by atoms with Crippen molar-refractivity contribution in [3.05, 3.63) is 12.3 Å². The number of nitrogens with two attached hydrogens (primary N) is 1. The van der Waals surface area contributed by atoms with Crippen LogP contribution in [0, 0.1) is 0 Å². The molecule has 162 valence electrons. The highest BCUT2D eigenvalue weighted by atomic mass is 16.5. The van der Waals surface area contributed by atoms with Crippen molar-refractivity contribution in [2.24, 2.45) is 0 Å². The number of nitrogens with zero attached hydrogens (tertiary/aromatic N) is 4. The third-order valence-corrected chi connectivity index (χ3v) is 4.18. The van der Waals surface area contributed by atoms with E-state index < -0.39 is 0 Å². The minimum atomic E-state index is 0. The zero-order chi connectivity index (χ0) is 20.3. The molecule has 0 amide bonds. The number of piperazine rings is 1. The summed E-state index contributed by atoms with van der Waals surface area (Å²) in [6, 6.07) is 1.84. The normalized spacial score (nSPS) is 14.9. The van der Waals surface area contributed by atoms with Crippen molar-refractivity contribution in [1.82, 2.24) is 30.2 Å². The minimum absolute atomic E-state index is 0. The van der Waals surface area contributed by atoms with Crippen LogP contribution in [0.25, 0.3) is 0 Å². The second kappa shape index (κ2) is 18.2. The molecule has 0 unspecified atom stereocenters. The van der Waals surface area contributed by atoms with Crippen molar-refractivity contribution < 1.29 is 6.16 Å². The van der Waals surface area contributed by atoms with Gasteiger partial charge in [-0.25, -0.2) is 0 Å². The van der Waals surface area contributed by atoms with E-state index in [1.165, 1.54) is 0 Å². The van der Waals surface area contributed by atoms with Crippen LogP contribution in [0.15, 0.2) is 12.3 Å². The first-order chi connectivity index (χ1) is 13.2. The van der Waals surface area contributed by atoms with E-state index in [1.807, 2.05) is 37.8 Å². The van der Waals surface area contributed by atoms with Crippen LogP contribution in [0.2, 0.25) is 0 Å². The summed E-state index contributed by atoms with van der Waals surface area (Å²) in [5.74, 6) is 0.597. The lowest BCUT2D eigenvalue weighted by atomic mass is 10.3. The van der Waals surface area contributed by atoms with Crippen molar-refractivity contribution in [3.8, 4) is 0 Å². The first kappa shape index (κ1) is 25.8. The lowest BCUT2D eigenvalue weighted by Crippen LogP contribution is -2.47. The van der Waals surface area contributed by atoms with Gasteiger partial charge in [-0.15, -0.1) is 0 Å². The molecule has 0 aliphatic carbocycles. The number of hydrogen-bond donors (Lipinski definition) is 3. The number of aromatic nitrogens is 2. The molecule has 0 bridgehead atoms. The van der Waals surface area contributed by atoms with Gasteiger partial charge in [0.2, 0.25) is 0 Å². The summed E-state index contributed by atoms with van der Waals surface area (Å²) in [6.07, 6.45) is 1.93. The van der Waals surface area contributed by atoms with Gasteiger partial charge in [-0.3, -0.25) is 14.5 Å². The first-order valence-electron chi connectivity index (χ1n) is 10.3. The highest BCUT2D eigenvalue weighted by Gasteiger charge is 2.15. The van der Waals surface area contributed by atoms with Crippen LogP contribution in [0.1, 0.15) is 22.2 Å². The van der Waals surface area contributed by atoms with Crippen LogP contribution in [0.3, 0.4) is 0 Å². The van der Waals surface area contributed by atoms with Gasteiger partial charge in [-0.1, -0.05) is 20.8 Å². The molecule has 0 radical (unpaired) electrons. The van der Waals surface area contributed by atoms with Gasteiger partial charge in [0, 0.05) is 67.1 Å². The van der Waals surface area contributed by atoms with Crippen LogP contribution in [-0.4, -0.2) is 99.2 Å². The molecule has 1 aromatic rings. The van der Waals surface area contributed by atoms with Crippen molar-refractivity contribution in [2.75, 3.05) is 85.4 Å². The number of ether oxygens (including phenoxy) is 1. The Labute approximate surface area is 167 Å². The highest BCUT2D eigenvalue weighted by molar-refractivity contribution is 5.23. The average Bonchev–Trinajstić information content (AvgIpc) is 3.13. The zero-order valence-electron chi connectivity index (χ0n) is 18.2. The molecule has 2 heterocycles. The van der Waals surface area contributed by atoms with Crippen molar-refractivity contribution in [2.45, 2.75) is 27.3 Å². The predicted molar refractivity (Wildman–Crippen MR) is 117 cm³/mol. The second-order valence-corrected chi connectivity index (χ2v) is 6.14. The molecule has 1 aliphatic rings. The maximum atomic E-state index is 5.59. The van der Waals surface area contributed by atoms with E-state index in [9.17, 15) is 0 Å². The predicted octanol–water partition coefficient (Wildman–Crippen LogP) is 0.817. The standard InChI is InChI=1S/C12H23N5O.C5H14N2.C2H6.H2/c1-18-11-10-16-6-4-15(5-7-16)8-9-17-3-2-12(13)14-17;1-3-7-5-4-6-2;1-2;/h2-3H,4-11H2,1H3,(H2,13,14);6-7H,3-5H2,1-2H3;1-2H3;1H. The number of nitrogens with one attached hydrogen (secondary N) is 2. The van der Waals surface area contributed by atoms with Crippen LogP contribution in [0.5, 0.6) is 0 Å². The number of rotatable bonds is 10. The fourth-order valence-corrected chi connectivity index (χ4v) is 2.59. The van der Waals surface area contributed by atoms with E-state index in [2.05, 4.69) is 32.5 Å². The number of likely N-dealkylation sites (N-methyl/N-ethyl adjacent to an activating group) is 2. The molecule has 0 atom stereocenters. The molecule has 0 aromatic carbocycles. The molecule has 2 rings (SSSR count). The van der Waals surface area contributed by atoms with Crippen LogP contribution < -0.4 is 16.4 Å². The number of anilines is 1. The van der Waals surface area contributed by atoms with Gasteiger partial charge in [0.1, 0.15) is 5.82 Å². The summed E-state index contributed by atoms with van der Waals surface area (Å²) < 4.78 is 7.01. The summed E-state index contributed by atoms with van der Waals surface area (Å²) in [5.41, 5.74) is 5.59. The fraction of sp³-hybridized carbons (Fsp3) is 0.842. The molecule has 1 saturated heterocycles. The lowest BCUT2D eigenvalue weighted by Gasteiger charge is -2.34. The number of methoxy groups -OCH3 is 1. The summed E-state index contributed by atoms with van der Waals surface area (Å²) in [4.78, 5) is 4.92. The monoisotopic (exact) mass is 387 g/mol. The Hall–Kier alpha value is -1.19. The molecule has 4 N–H and O–H groups in total. The second-order valence-electron chi connectivity index (χ2n) is 6.14. The molecule has 1 aromatic heterocycles. The number of nitrogen functional groups attached to an aromatic ring is 1. The van der Waals surface area contributed by atoms with Crippen LogP contribution in [-0.2, 0) is 11.3 Å². The molecular weight excluding hydrogens is 342 g/mol. The number of hydrogen-bond acceptors (Lipinski definition) is 7. The minimum Gasteiger partial charge on any atom is -0.383 e. The lowest BCUT2D eigenvalue weighted by molar-refractivity contribution is 0.0949. The van der Waals surface area contributed by atoms with Gasteiger partial charge >= 0.3 is 0 Å². The van der Waals surface area contributed by atoms with Crippen molar-refractivity contribution >= 4 is 5.82 Å². The highest BCUT2D eigenvalue weighted by Crippen LogP contribution is 2.02. The Kier molecular flexibility index (Phi) is 17.4. The maximum Gasteiger partial charge on any atom is 0.145 e. The van der Waals surface area contributed by atoms with E-state index in [-0.39, 0.29) is 1.43 Å². The zero-order valence-corrected chi connectivity index (χ0v) is 18.2. The van der Waals surface area contributed by atoms with E-state index in [0.29, 0.717) is 5.82 Å². The van der Waals surface area contributed by atoms with Crippen LogP contribution in [0.4, 0.5) is 5.82 Å². The van der Waals surface area contributed by atoms with Gasteiger partial charge in [-0.05, 0) is 19.7 Å². The van der Waals surface area contributed by atoms with Gasteiger partial charge in [0.25, 0.3) is 0 Å². The largest absolute Gasteiger partial charge is 0.383 e. The van der Waals surface area contributed by atoms with Gasteiger partial charge in [-0.2, -0.15) is 5.10 Å². The first-order valence-corrected chi connectivity index (χ1v) is 10.3. The van der Waals surface area contributed by atoms with Gasteiger partial charge in [0.05, 0.1) is 13.2 Å². The summed E-state index contributed by atoms with van der Waals surface area (Å²) in [5, 5.41) is 10.4. The van der Waals surface area contributed by atoms with Crippen molar-refractivity contribution in [3.63, 3.8) is 0 Å². The van der Waals surface area contributed by atoms with E-state index in [4.69, 9.17) is 10.5 Å². The molecule has 8 heteroatoms. The Morgan fingerprint density at radius 2 is 1.74 bits per heavy atom. The molecule has 8 nitrogen and oxygen atoms in total. The van der Waals surface area contributed by atoms with Gasteiger partial charge in [0.15, 0.2) is 0 Å². The fourth-order valence-electron chi connectivity index (χ4n) is 2.59. The molecule has 27 heavy (non-hydrogen) atoms. The molecule has 0 spiro atoms. The molecule has 0 saturated carbocycles. The quantitative estimate of drug-likeness (QED) is 0.513. The van der Waals surface area contributed by atoms with E-state index in [1.54, 1.807) is 7.11 Å². The van der Waals surface area contributed by atoms with E-state index >= 15 is 0 Å². The maximum absolute atomic E-state index is 5.59. The Balaban J connectivity index is 0. The summed E-state index contributed by atoms with van der Waals surface area (Å²) in [6.45, 7) is 17.6. The topological polar surface area (TPSA) is 83.6 Å². The molecular formula is C19H45N7O. The molecule has 1 aliphatic heterocycles. The third kappa shape index (κ3) is 13.6. The SMILES string of the molecule is CC.CCNCCNC.COCCN1CCN(CCn2ccc(N)n2)CC1.[HH]. The Bertz CT molecular complexity index is 422. The Morgan fingerprint density at radius 3 is 2.22 bits per heavy atom. The summed E-state index contributed by atoms with van der Waals surface area (Å²) in [7, 11) is 3.71. The third-order valence-electron chi connectivity index (χ3n) is 4.18. The summed E-state index contributed by atoms with van der Waals surface area (Å²) >= 11 is 0. The van der Waals surface area contributed by atoms with Gasteiger partial charge < -0.3 is 21.1 Å². The van der Waals surface area contributed by atoms with E-state index in [0.717, 1.165) is 72.1 Å². The molecule has 1 fully saturated rings.